The van der Waals surface area contributed by atoms with E-state index in [0.29, 0.717) is 23.2 Å². The molecule has 0 aromatic heterocycles. The van der Waals surface area contributed by atoms with Gasteiger partial charge in [0, 0.05) is 5.41 Å². The molecular formula is C18H28O3. The Kier molecular flexibility index (Phi) is 3.27. The minimum absolute atomic E-state index is 0.179. The van der Waals surface area contributed by atoms with Crippen LogP contribution in [-0.2, 0) is 14.3 Å². The van der Waals surface area contributed by atoms with Gasteiger partial charge in [-0.3, -0.25) is 9.59 Å². The van der Waals surface area contributed by atoms with Crippen molar-refractivity contribution in [3.8, 4) is 0 Å². The van der Waals surface area contributed by atoms with Gasteiger partial charge in [0.25, 0.3) is 0 Å². The average Bonchev–Trinajstić information content (AvgIpc) is 2.34. The van der Waals surface area contributed by atoms with Gasteiger partial charge in [0.05, 0.1) is 7.11 Å². The molecular weight excluding hydrogens is 264 g/mol. The average molecular weight is 292 g/mol. The number of Topliss-reactive ketones (excluding diaryl/α,β-unsaturated/α-hetero) is 1. The molecule has 0 aliphatic heterocycles. The minimum Gasteiger partial charge on any atom is -0.468 e. The Morgan fingerprint density at radius 3 is 2.10 bits per heavy atom. The Hall–Kier alpha value is -0.860. The van der Waals surface area contributed by atoms with Gasteiger partial charge in [-0.1, -0.05) is 20.8 Å². The Labute approximate surface area is 127 Å². The van der Waals surface area contributed by atoms with Crippen LogP contribution in [0.3, 0.4) is 0 Å². The standard InChI is InChI=1S/C18H28O3/c1-5-13(15(20)21-4)14(19)18-8-12-6-16(2,10-18)9-17(3,7-12)11-18/h12-13H,5-11H2,1-4H3. The second-order valence-corrected chi connectivity index (χ2v) is 8.76. The Balaban J connectivity index is 1.94. The number of hydrogen-bond donors (Lipinski definition) is 0. The number of carbonyl (C=O) groups excluding carboxylic acids is 2. The lowest BCUT2D eigenvalue weighted by Crippen LogP contribution is -2.59. The third-order valence-corrected chi connectivity index (χ3v) is 6.36. The van der Waals surface area contributed by atoms with Crippen molar-refractivity contribution >= 4 is 11.8 Å². The van der Waals surface area contributed by atoms with Crippen molar-refractivity contribution in [2.24, 2.45) is 28.1 Å². The van der Waals surface area contributed by atoms with E-state index in [-0.39, 0.29) is 17.2 Å². The molecule has 0 amide bonds. The van der Waals surface area contributed by atoms with Crippen LogP contribution in [0.5, 0.6) is 0 Å². The van der Waals surface area contributed by atoms with Gasteiger partial charge in [0.2, 0.25) is 0 Å². The molecule has 3 unspecified atom stereocenters. The highest BCUT2D eigenvalue weighted by molar-refractivity contribution is 6.02. The fraction of sp³-hybridized carbons (Fsp3) is 0.889. The van der Waals surface area contributed by atoms with Crippen molar-refractivity contribution in [2.45, 2.75) is 65.7 Å². The molecule has 4 aliphatic carbocycles. The highest BCUT2D eigenvalue weighted by Crippen LogP contribution is 2.70. The molecule has 0 heterocycles. The highest BCUT2D eigenvalue weighted by atomic mass is 16.5. The number of ketones is 1. The summed E-state index contributed by atoms with van der Waals surface area (Å²) in [6, 6.07) is 0. The first-order valence-electron chi connectivity index (χ1n) is 8.37. The van der Waals surface area contributed by atoms with Crippen LogP contribution in [0.25, 0.3) is 0 Å². The van der Waals surface area contributed by atoms with Crippen molar-refractivity contribution in [1.82, 2.24) is 0 Å². The van der Waals surface area contributed by atoms with Gasteiger partial charge in [-0.15, -0.1) is 0 Å². The van der Waals surface area contributed by atoms with Crippen LogP contribution in [0, 0.1) is 28.1 Å². The van der Waals surface area contributed by atoms with E-state index < -0.39 is 5.92 Å². The zero-order valence-corrected chi connectivity index (χ0v) is 13.8. The van der Waals surface area contributed by atoms with E-state index in [4.69, 9.17) is 4.74 Å². The van der Waals surface area contributed by atoms with Crippen molar-refractivity contribution in [1.29, 1.82) is 0 Å². The zero-order chi connectivity index (χ0) is 15.5. The molecule has 3 atom stereocenters. The van der Waals surface area contributed by atoms with Gasteiger partial charge in [-0.05, 0) is 61.7 Å². The molecule has 118 valence electrons. The molecule has 0 radical (unpaired) electrons. The van der Waals surface area contributed by atoms with E-state index in [1.165, 1.54) is 26.4 Å². The van der Waals surface area contributed by atoms with Crippen LogP contribution in [-0.4, -0.2) is 18.9 Å². The van der Waals surface area contributed by atoms with E-state index in [1.54, 1.807) is 0 Å². The van der Waals surface area contributed by atoms with E-state index in [9.17, 15) is 9.59 Å². The van der Waals surface area contributed by atoms with Crippen LogP contribution in [0.2, 0.25) is 0 Å². The summed E-state index contributed by atoms with van der Waals surface area (Å²) < 4.78 is 4.88. The van der Waals surface area contributed by atoms with Gasteiger partial charge in [-0.25, -0.2) is 0 Å². The molecule has 21 heavy (non-hydrogen) atoms. The summed E-state index contributed by atoms with van der Waals surface area (Å²) >= 11 is 0. The summed E-state index contributed by atoms with van der Waals surface area (Å²) in [6.45, 7) is 6.64. The monoisotopic (exact) mass is 292 g/mol. The molecule has 0 aromatic rings. The van der Waals surface area contributed by atoms with E-state index in [1.807, 2.05) is 6.92 Å². The molecule has 3 nitrogen and oxygen atoms in total. The third-order valence-electron chi connectivity index (χ3n) is 6.36. The number of esters is 1. The van der Waals surface area contributed by atoms with Gasteiger partial charge in [0.15, 0.2) is 5.78 Å². The number of hydrogen-bond acceptors (Lipinski definition) is 3. The third kappa shape index (κ3) is 2.24. The number of carbonyl (C=O) groups is 2. The molecule has 3 heteroatoms. The molecule has 4 fully saturated rings. The molecule has 4 aliphatic rings. The highest BCUT2D eigenvalue weighted by Gasteiger charge is 2.63. The number of ether oxygens (including phenoxy) is 1. The molecule has 0 saturated heterocycles. The number of rotatable bonds is 4. The molecule has 0 aromatic carbocycles. The Morgan fingerprint density at radius 1 is 1.10 bits per heavy atom. The fourth-order valence-corrected chi connectivity index (χ4v) is 6.69. The first kappa shape index (κ1) is 15.1. The minimum atomic E-state index is -0.557. The lowest BCUT2D eigenvalue weighted by Gasteiger charge is -2.65. The summed E-state index contributed by atoms with van der Waals surface area (Å²) in [7, 11) is 1.39. The quantitative estimate of drug-likeness (QED) is 0.585. The smallest absolute Gasteiger partial charge is 0.316 e. The Bertz CT molecular complexity index is 463. The van der Waals surface area contributed by atoms with E-state index >= 15 is 0 Å². The first-order valence-corrected chi connectivity index (χ1v) is 8.37. The van der Waals surface area contributed by atoms with Crippen molar-refractivity contribution in [3.63, 3.8) is 0 Å². The van der Waals surface area contributed by atoms with E-state index in [2.05, 4.69) is 13.8 Å². The summed E-state index contributed by atoms with van der Waals surface area (Å²) in [6.07, 6.45) is 7.33. The Morgan fingerprint density at radius 2 is 1.67 bits per heavy atom. The maximum absolute atomic E-state index is 13.2. The maximum atomic E-state index is 13.2. The normalized spacial score (nSPS) is 45.4. The van der Waals surface area contributed by atoms with Gasteiger partial charge in [0.1, 0.15) is 5.92 Å². The van der Waals surface area contributed by atoms with Crippen molar-refractivity contribution in [2.75, 3.05) is 7.11 Å². The summed E-state index contributed by atoms with van der Waals surface area (Å²) in [5, 5.41) is 0. The van der Waals surface area contributed by atoms with E-state index in [0.717, 1.165) is 19.3 Å². The van der Waals surface area contributed by atoms with Gasteiger partial charge < -0.3 is 4.74 Å². The largest absolute Gasteiger partial charge is 0.468 e. The lowest BCUT2D eigenvalue weighted by molar-refractivity contribution is -0.176. The summed E-state index contributed by atoms with van der Waals surface area (Å²) in [5.74, 6) is -0.0410. The van der Waals surface area contributed by atoms with Gasteiger partial charge >= 0.3 is 5.97 Å². The topological polar surface area (TPSA) is 43.4 Å². The van der Waals surface area contributed by atoms with Crippen LogP contribution >= 0.6 is 0 Å². The van der Waals surface area contributed by atoms with Crippen LogP contribution in [0.15, 0.2) is 0 Å². The lowest BCUT2D eigenvalue weighted by atomic mass is 9.39. The summed E-state index contributed by atoms with van der Waals surface area (Å²) in [4.78, 5) is 25.2. The van der Waals surface area contributed by atoms with Gasteiger partial charge in [-0.2, -0.15) is 0 Å². The van der Waals surface area contributed by atoms with Crippen molar-refractivity contribution < 1.29 is 14.3 Å². The second kappa shape index (κ2) is 4.57. The fourth-order valence-electron chi connectivity index (χ4n) is 6.69. The molecule has 4 rings (SSSR count). The maximum Gasteiger partial charge on any atom is 0.316 e. The van der Waals surface area contributed by atoms with Crippen LogP contribution < -0.4 is 0 Å². The van der Waals surface area contributed by atoms with Crippen LogP contribution in [0.4, 0.5) is 0 Å². The zero-order valence-electron chi connectivity index (χ0n) is 13.8. The number of methoxy groups -OCH3 is 1. The molecule has 0 N–H and O–H groups in total. The molecule has 0 spiro atoms. The van der Waals surface area contributed by atoms with Crippen molar-refractivity contribution in [3.05, 3.63) is 0 Å². The molecule has 4 bridgehead atoms. The first-order chi connectivity index (χ1) is 9.75. The SMILES string of the molecule is CCC(C(=O)OC)C(=O)C12CC3CC(C)(CC(C)(C3)C1)C2. The predicted octanol–water partition coefficient (Wildman–Crippen LogP) is 3.75. The molecule has 4 saturated carbocycles. The predicted molar refractivity (Wildman–Crippen MR) is 80.6 cm³/mol. The second-order valence-electron chi connectivity index (χ2n) is 8.76. The van der Waals surface area contributed by atoms with Crippen LogP contribution in [0.1, 0.15) is 65.7 Å². The summed E-state index contributed by atoms with van der Waals surface area (Å²) in [5.41, 5.74) is 0.355.